The summed E-state index contributed by atoms with van der Waals surface area (Å²) in [6.45, 7) is 0.945. The Balaban J connectivity index is 1.92. The quantitative estimate of drug-likeness (QED) is 0.234. The zero-order chi connectivity index (χ0) is 24.8. The summed E-state index contributed by atoms with van der Waals surface area (Å²) in [6, 6.07) is 28.3. The van der Waals surface area contributed by atoms with E-state index in [9.17, 15) is 5.11 Å². The molecule has 4 rings (SSSR count). The van der Waals surface area contributed by atoms with Crippen LogP contribution in [0.5, 0.6) is 5.88 Å². The van der Waals surface area contributed by atoms with Gasteiger partial charge < -0.3 is 14.7 Å². The van der Waals surface area contributed by atoms with Crippen LogP contribution in [-0.2, 0) is 5.60 Å². The summed E-state index contributed by atoms with van der Waals surface area (Å²) in [4.78, 5) is 7.00. The SMILES string of the molecule is COc1nc2ccc(Br)cc2cc1C(c1ccccc1)C(O)(CSCCN(C)C)c1ccccc1. The van der Waals surface area contributed by atoms with Gasteiger partial charge in [-0.1, -0.05) is 76.6 Å². The largest absolute Gasteiger partial charge is 0.481 e. The number of thioether (sulfide) groups is 1. The summed E-state index contributed by atoms with van der Waals surface area (Å²) in [6.07, 6.45) is 0. The van der Waals surface area contributed by atoms with Crippen molar-refractivity contribution in [3.63, 3.8) is 0 Å². The lowest BCUT2D eigenvalue weighted by atomic mass is 9.74. The average Bonchev–Trinajstić information content (AvgIpc) is 2.87. The molecule has 0 spiro atoms. The number of ether oxygens (including phenoxy) is 1. The van der Waals surface area contributed by atoms with Gasteiger partial charge in [-0.15, -0.1) is 0 Å². The van der Waals surface area contributed by atoms with Gasteiger partial charge in [0.1, 0.15) is 5.60 Å². The second kappa shape index (κ2) is 11.6. The van der Waals surface area contributed by atoms with Gasteiger partial charge in [0.15, 0.2) is 0 Å². The number of rotatable bonds is 10. The second-order valence-corrected chi connectivity index (χ2v) is 10.9. The predicted molar refractivity (Wildman–Crippen MR) is 150 cm³/mol. The minimum Gasteiger partial charge on any atom is -0.481 e. The molecule has 0 saturated heterocycles. The van der Waals surface area contributed by atoms with Crippen LogP contribution in [0.3, 0.4) is 0 Å². The lowest BCUT2D eigenvalue weighted by Gasteiger charge is -2.38. The lowest BCUT2D eigenvalue weighted by Crippen LogP contribution is -2.37. The van der Waals surface area contributed by atoms with Gasteiger partial charge in [0.25, 0.3) is 0 Å². The topological polar surface area (TPSA) is 45.6 Å². The molecule has 0 radical (unpaired) electrons. The summed E-state index contributed by atoms with van der Waals surface area (Å²) in [7, 11) is 5.78. The predicted octanol–water partition coefficient (Wildman–Crippen LogP) is 6.32. The third kappa shape index (κ3) is 5.89. The lowest BCUT2D eigenvalue weighted by molar-refractivity contribution is 0.0436. The number of halogens is 1. The van der Waals surface area contributed by atoms with Crippen molar-refractivity contribution in [1.82, 2.24) is 9.88 Å². The molecule has 1 N–H and O–H groups in total. The maximum absolute atomic E-state index is 12.6. The summed E-state index contributed by atoms with van der Waals surface area (Å²) in [5, 5.41) is 13.6. The van der Waals surface area contributed by atoms with Crippen LogP contribution in [-0.4, -0.2) is 54.2 Å². The summed E-state index contributed by atoms with van der Waals surface area (Å²) < 4.78 is 6.81. The van der Waals surface area contributed by atoms with Crippen molar-refractivity contribution >= 4 is 38.6 Å². The van der Waals surface area contributed by atoms with Crippen molar-refractivity contribution in [3.8, 4) is 5.88 Å². The van der Waals surface area contributed by atoms with Crippen molar-refractivity contribution in [2.45, 2.75) is 11.5 Å². The van der Waals surface area contributed by atoms with E-state index in [1.165, 1.54) is 0 Å². The van der Waals surface area contributed by atoms with Gasteiger partial charge in [0.05, 0.1) is 12.6 Å². The summed E-state index contributed by atoms with van der Waals surface area (Å²) >= 11 is 5.35. The van der Waals surface area contributed by atoms with Crippen LogP contribution >= 0.6 is 27.7 Å². The molecule has 4 aromatic rings. The van der Waals surface area contributed by atoms with Crippen LogP contribution in [0.4, 0.5) is 0 Å². The molecular weight excluding hydrogens is 520 g/mol. The van der Waals surface area contributed by atoms with Gasteiger partial charge in [-0.3, -0.25) is 0 Å². The van der Waals surface area contributed by atoms with Crippen LogP contribution < -0.4 is 4.74 Å². The summed E-state index contributed by atoms with van der Waals surface area (Å²) in [5.74, 6) is 1.60. The van der Waals surface area contributed by atoms with E-state index in [2.05, 4.69) is 59.2 Å². The Kier molecular flexibility index (Phi) is 8.50. The van der Waals surface area contributed by atoms with Crippen molar-refractivity contribution in [2.24, 2.45) is 0 Å². The number of fused-ring (bicyclic) bond motifs is 1. The van der Waals surface area contributed by atoms with E-state index >= 15 is 0 Å². The Morgan fingerprint density at radius 3 is 2.34 bits per heavy atom. The molecule has 0 aliphatic rings. The average molecular weight is 552 g/mol. The molecule has 2 unspecified atom stereocenters. The van der Waals surface area contributed by atoms with E-state index < -0.39 is 5.60 Å². The van der Waals surface area contributed by atoms with Crippen LogP contribution in [0.25, 0.3) is 10.9 Å². The molecule has 0 aliphatic heterocycles. The number of aromatic nitrogens is 1. The minimum atomic E-state index is -1.19. The Labute approximate surface area is 220 Å². The minimum absolute atomic E-state index is 0.385. The number of hydrogen-bond donors (Lipinski definition) is 1. The Bertz CT molecular complexity index is 1250. The number of pyridine rings is 1. The zero-order valence-corrected chi connectivity index (χ0v) is 22.7. The Hall–Kier alpha value is -2.38. The van der Waals surface area contributed by atoms with E-state index in [-0.39, 0.29) is 5.92 Å². The maximum Gasteiger partial charge on any atom is 0.217 e. The van der Waals surface area contributed by atoms with E-state index in [0.29, 0.717) is 11.6 Å². The highest BCUT2D eigenvalue weighted by Crippen LogP contribution is 2.47. The molecule has 0 aliphatic carbocycles. The zero-order valence-electron chi connectivity index (χ0n) is 20.3. The molecular formula is C29H31BrN2O2S. The second-order valence-electron chi connectivity index (χ2n) is 8.91. The molecule has 6 heteroatoms. The third-order valence-corrected chi connectivity index (χ3v) is 7.77. The molecule has 0 saturated carbocycles. The number of methoxy groups -OCH3 is 1. The molecule has 182 valence electrons. The van der Waals surface area contributed by atoms with Gasteiger partial charge in [0.2, 0.25) is 5.88 Å². The summed E-state index contributed by atoms with van der Waals surface area (Å²) in [5.41, 5.74) is 2.42. The first-order valence-electron chi connectivity index (χ1n) is 11.6. The van der Waals surface area contributed by atoms with E-state index in [0.717, 1.165) is 44.4 Å². The highest BCUT2D eigenvalue weighted by atomic mass is 79.9. The molecule has 0 amide bonds. The van der Waals surface area contributed by atoms with Crippen molar-refractivity contribution in [2.75, 3.05) is 39.3 Å². The molecule has 3 aromatic carbocycles. The van der Waals surface area contributed by atoms with Crippen LogP contribution in [0.15, 0.2) is 89.4 Å². The monoisotopic (exact) mass is 550 g/mol. The standard InChI is InChI=1S/C29H31BrN2O2S/c1-32(2)16-17-35-20-29(33,23-12-8-5-9-13-23)27(21-10-6-4-7-11-21)25-19-22-18-24(30)14-15-26(22)31-28(25)34-3/h4-15,18-19,27,33H,16-17,20H2,1-3H3. The van der Waals surface area contributed by atoms with Crippen molar-refractivity contribution < 1.29 is 9.84 Å². The van der Waals surface area contributed by atoms with E-state index in [4.69, 9.17) is 9.72 Å². The highest BCUT2D eigenvalue weighted by molar-refractivity contribution is 9.10. The first-order valence-corrected chi connectivity index (χ1v) is 13.6. The first-order chi connectivity index (χ1) is 16.9. The fourth-order valence-electron chi connectivity index (χ4n) is 4.41. The van der Waals surface area contributed by atoms with Crippen LogP contribution in [0, 0.1) is 0 Å². The van der Waals surface area contributed by atoms with Gasteiger partial charge in [-0.05, 0) is 49.5 Å². The molecule has 4 nitrogen and oxygen atoms in total. The molecule has 2 atom stereocenters. The van der Waals surface area contributed by atoms with Crippen molar-refractivity contribution in [1.29, 1.82) is 0 Å². The van der Waals surface area contributed by atoms with Crippen molar-refractivity contribution in [3.05, 3.63) is 106 Å². The number of benzene rings is 3. The Morgan fingerprint density at radius 1 is 1.00 bits per heavy atom. The van der Waals surface area contributed by atoms with Gasteiger partial charge in [-0.25, -0.2) is 4.98 Å². The Morgan fingerprint density at radius 2 is 1.69 bits per heavy atom. The molecule has 0 fully saturated rings. The normalized spacial score (nSPS) is 14.1. The molecule has 0 bridgehead atoms. The van der Waals surface area contributed by atoms with Crippen LogP contribution in [0.2, 0.25) is 0 Å². The third-order valence-electron chi connectivity index (χ3n) is 6.16. The number of hydrogen-bond acceptors (Lipinski definition) is 5. The van der Waals surface area contributed by atoms with E-state index in [1.54, 1.807) is 18.9 Å². The van der Waals surface area contributed by atoms with E-state index in [1.807, 2.05) is 60.7 Å². The fraction of sp³-hybridized carbons (Fsp3) is 0.276. The molecule has 1 heterocycles. The first kappa shape index (κ1) is 25.7. The molecule has 1 aromatic heterocycles. The fourth-order valence-corrected chi connectivity index (χ4v) is 6.07. The van der Waals surface area contributed by atoms with Gasteiger partial charge in [0, 0.05) is 39.4 Å². The van der Waals surface area contributed by atoms with Gasteiger partial charge >= 0.3 is 0 Å². The highest BCUT2D eigenvalue weighted by Gasteiger charge is 2.42. The van der Waals surface area contributed by atoms with Gasteiger partial charge in [-0.2, -0.15) is 11.8 Å². The smallest absolute Gasteiger partial charge is 0.217 e. The maximum atomic E-state index is 12.6. The molecule has 35 heavy (non-hydrogen) atoms. The number of nitrogens with zero attached hydrogens (tertiary/aromatic N) is 2. The van der Waals surface area contributed by atoms with Crippen LogP contribution in [0.1, 0.15) is 22.6 Å². The number of aliphatic hydroxyl groups is 1.